The molecule has 2 aliphatic heterocycles. The second kappa shape index (κ2) is 7.25. The van der Waals surface area contributed by atoms with E-state index in [1.54, 1.807) is 23.8 Å². The second-order valence-electron chi connectivity index (χ2n) is 6.91. The summed E-state index contributed by atoms with van der Waals surface area (Å²) in [4.78, 5) is 38.8. The molecule has 1 aromatic carbocycles. The van der Waals surface area contributed by atoms with E-state index in [0.29, 0.717) is 26.1 Å². The van der Waals surface area contributed by atoms with Crippen LogP contribution in [0.5, 0.6) is 0 Å². The highest BCUT2D eigenvalue weighted by molar-refractivity contribution is 6.00. The Morgan fingerprint density at radius 1 is 1.24 bits per heavy atom. The van der Waals surface area contributed by atoms with E-state index in [1.807, 2.05) is 12.1 Å². The van der Waals surface area contributed by atoms with Gasteiger partial charge in [-0.25, -0.2) is 0 Å². The molecule has 0 unspecified atom stereocenters. The third-order valence-corrected chi connectivity index (χ3v) is 5.25. The highest BCUT2D eigenvalue weighted by Crippen LogP contribution is 2.28. The zero-order valence-corrected chi connectivity index (χ0v) is 14.9. The first-order valence-electron chi connectivity index (χ1n) is 8.87. The van der Waals surface area contributed by atoms with Crippen LogP contribution in [0.4, 0.5) is 5.69 Å². The Morgan fingerprint density at radius 3 is 2.64 bits per heavy atom. The van der Waals surface area contributed by atoms with Crippen LogP contribution in [-0.4, -0.2) is 49.3 Å². The van der Waals surface area contributed by atoms with Crippen LogP contribution in [0.2, 0.25) is 0 Å². The fraction of sp³-hybridized carbons (Fsp3) is 0.526. The number of hydrogen-bond donors (Lipinski definition) is 1. The van der Waals surface area contributed by atoms with E-state index in [9.17, 15) is 14.4 Å². The van der Waals surface area contributed by atoms with Gasteiger partial charge in [0.05, 0.1) is 6.42 Å². The number of fused-ring (bicyclic) bond motifs is 1. The highest BCUT2D eigenvalue weighted by atomic mass is 16.2. The summed E-state index contributed by atoms with van der Waals surface area (Å²) in [6.07, 6.45) is 2.68. The van der Waals surface area contributed by atoms with E-state index in [0.717, 1.165) is 36.1 Å². The average molecular weight is 343 g/mol. The van der Waals surface area contributed by atoms with E-state index in [2.05, 4.69) is 11.4 Å². The molecule has 0 spiro atoms. The van der Waals surface area contributed by atoms with Gasteiger partial charge in [0.25, 0.3) is 0 Å². The van der Waals surface area contributed by atoms with Crippen molar-refractivity contribution in [2.75, 3.05) is 31.6 Å². The van der Waals surface area contributed by atoms with E-state index in [-0.39, 0.29) is 23.6 Å². The van der Waals surface area contributed by atoms with E-state index < -0.39 is 0 Å². The molecule has 0 bridgehead atoms. The minimum atomic E-state index is 0.00175. The summed E-state index contributed by atoms with van der Waals surface area (Å²) < 4.78 is 0. The Morgan fingerprint density at radius 2 is 1.96 bits per heavy atom. The first-order chi connectivity index (χ1) is 12.0. The Balaban J connectivity index is 1.46. The van der Waals surface area contributed by atoms with Crippen molar-refractivity contribution in [2.24, 2.45) is 5.92 Å². The number of benzene rings is 1. The first-order valence-corrected chi connectivity index (χ1v) is 8.87. The standard InChI is InChI=1S/C19H25N3O3/c1-13(23)22-9-6-15(7-10-22)19(25)20-8-5-14-3-4-17-16(11-14)12-18(24)21(17)2/h3-4,11,15H,5-10,12H2,1-2H3,(H,20,25). The van der Waals surface area contributed by atoms with E-state index in [4.69, 9.17) is 0 Å². The number of rotatable bonds is 4. The third kappa shape index (κ3) is 3.83. The lowest BCUT2D eigenvalue weighted by Gasteiger charge is -2.30. The third-order valence-electron chi connectivity index (χ3n) is 5.25. The lowest BCUT2D eigenvalue weighted by atomic mass is 9.96. The van der Waals surface area contributed by atoms with Gasteiger partial charge < -0.3 is 15.1 Å². The average Bonchev–Trinajstić information content (AvgIpc) is 2.88. The van der Waals surface area contributed by atoms with Crippen LogP contribution in [0, 0.1) is 5.92 Å². The molecule has 3 amide bonds. The maximum atomic E-state index is 12.3. The van der Waals surface area contributed by atoms with Gasteiger partial charge in [-0.1, -0.05) is 12.1 Å². The molecule has 0 aromatic heterocycles. The van der Waals surface area contributed by atoms with Crippen molar-refractivity contribution in [3.63, 3.8) is 0 Å². The maximum absolute atomic E-state index is 12.3. The highest BCUT2D eigenvalue weighted by Gasteiger charge is 2.26. The number of piperidine rings is 1. The molecule has 0 aliphatic carbocycles. The van der Waals surface area contributed by atoms with Crippen LogP contribution in [-0.2, 0) is 27.2 Å². The van der Waals surface area contributed by atoms with Crippen LogP contribution >= 0.6 is 0 Å². The van der Waals surface area contributed by atoms with Crippen LogP contribution in [0.3, 0.4) is 0 Å². The van der Waals surface area contributed by atoms with E-state index >= 15 is 0 Å². The lowest BCUT2D eigenvalue weighted by molar-refractivity contribution is -0.133. The molecule has 1 aromatic rings. The minimum Gasteiger partial charge on any atom is -0.356 e. The summed E-state index contributed by atoms with van der Waals surface area (Å²) in [5.74, 6) is 0.290. The second-order valence-corrected chi connectivity index (χ2v) is 6.91. The maximum Gasteiger partial charge on any atom is 0.231 e. The zero-order valence-electron chi connectivity index (χ0n) is 14.9. The van der Waals surface area contributed by atoms with Crippen molar-refractivity contribution in [1.82, 2.24) is 10.2 Å². The number of anilines is 1. The Labute approximate surface area is 148 Å². The van der Waals surface area contributed by atoms with Gasteiger partial charge in [0, 0.05) is 45.2 Å². The van der Waals surface area contributed by atoms with Crippen molar-refractivity contribution < 1.29 is 14.4 Å². The van der Waals surface area contributed by atoms with Gasteiger partial charge in [0.2, 0.25) is 17.7 Å². The first kappa shape index (κ1) is 17.5. The van der Waals surface area contributed by atoms with Crippen LogP contribution in [0.25, 0.3) is 0 Å². The predicted molar refractivity (Wildman–Crippen MR) is 95.2 cm³/mol. The molecule has 6 heteroatoms. The van der Waals surface area contributed by atoms with Crippen molar-refractivity contribution >= 4 is 23.4 Å². The number of nitrogens with one attached hydrogen (secondary N) is 1. The normalized spacial score (nSPS) is 17.6. The Kier molecular flexibility index (Phi) is 5.06. The molecule has 1 fully saturated rings. The summed E-state index contributed by atoms with van der Waals surface area (Å²) in [6, 6.07) is 6.06. The van der Waals surface area contributed by atoms with Crippen molar-refractivity contribution in [1.29, 1.82) is 0 Å². The molecular formula is C19H25N3O3. The number of hydrogen-bond acceptors (Lipinski definition) is 3. The number of likely N-dealkylation sites (N-methyl/N-ethyl adjacent to an activating group) is 1. The van der Waals surface area contributed by atoms with Crippen molar-refractivity contribution in [3.8, 4) is 0 Å². The molecule has 1 saturated heterocycles. The van der Waals surface area contributed by atoms with Crippen LogP contribution in [0.1, 0.15) is 30.9 Å². The largest absolute Gasteiger partial charge is 0.356 e. The number of carbonyl (C=O) groups excluding carboxylic acids is 3. The zero-order chi connectivity index (χ0) is 18.0. The summed E-state index contributed by atoms with van der Waals surface area (Å²) in [6.45, 7) is 3.50. The van der Waals surface area contributed by atoms with E-state index in [1.165, 1.54) is 0 Å². The molecule has 0 radical (unpaired) electrons. The topological polar surface area (TPSA) is 69.7 Å². The number of carbonyl (C=O) groups is 3. The summed E-state index contributed by atoms with van der Waals surface area (Å²) in [5, 5.41) is 3.01. The summed E-state index contributed by atoms with van der Waals surface area (Å²) in [5.41, 5.74) is 3.18. The van der Waals surface area contributed by atoms with Gasteiger partial charge in [-0.05, 0) is 36.5 Å². The van der Waals surface area contributed by atoms with Crippen LogP contribution < -0.4 is 10.2 Å². The van der Waals surface area contributed by atoms with Gasteiger partial charge >= 0.3 is 0 Å². The molecule has 134 valence electrons. The predicted octanol–water partition coefficient (Wildman–Crippen LogP) is 1.12. The molecule has 1 N–H and O–H groups in total. The van der Waals surface area contributed by atoms with Gasteiger partial charge in [-0.15, -0.1) is 0 Å². The van der Waals surface area contributed by atoms with Gasteiger partial charge in [0.15, 0.2) is 0 Å². The monoisotopic (exact) mass is 343 g/mol. The summed E-state index contributed by atoms with van der Waals surface area (Å²) in [7, 11) is 1.80. The molecule has 6 nitrogen and oxygen atoms in total. The molecule has 2 aliphatic rings. The fourth-order valence-corrected chi connectivity index (χ4v) is 3.61. The molecule has 3 rings (SSSR count). The molecule has 2 heterocycles. The van der Waals surface area contributed by atoms with Gasteiger partial charge in [-0.3, -0.25) is 14.4 Å². The fourth-order valence-electron chi connectivity index (χ4n) is 3.61. The molecule has 25 heavy (non-hydrogen) atoms. The molecular weight excluding hydrogens is 318 g/mol. The summed E-state index contributed by atoms with van der Waals surface area (Å²) >= 11 is 0. The van der Waals surface area contributed by atoms with Crippen molar-refractivity contribution in [2.45, 2.75) is 32.6 Å². The Hall–Kier alpha value is -2.37. The quantitative estimate of drug-likeness (QED) is 0.891. The smallest absolute Gasteiger partial charge is 0.231 e. The number of amides is 3. The van der Waals surface area contributed by atoms with Crippen molar-refractivity contribution in [3.05, 3.63) is 29.3 Å². The van der Waals surface area contributed by atoms with Gasteiger partial charge in [0.1, 0.15) is 0 Å². The molecule has 0 atom stereocenters. The number of likely N-dealkylation sites (tertiary alicyclic amines) is 1. The Bertz CT molecular complexity index is 693. The lowest BCUT2D eigenvalue weighted by Crippen LogP contribution is -2.42. The number of nitrogens with zero attached hydrogens (tertiary/aromatic N) is 2. The minimum absolute atomic E-state index is 0.00175. The molecule has 0 saturated carbocycles. The van der Waals surface area contributed by atoms with Gasteiger partial charge in [-0.2, -0.15) is 0 Å². The SMILES string of the molecule is CC(=O)N1CCC(C(=O)NCCc2ccc3c(c2)CC(=O)N3C)CC1. The van der Waals surface area contributed by atoms with Crippen LogP contribution in [0.15, 0.2) is 18.2 Å².